The third-order valence-corrected chi connectivity index (χ3v) is 2.45. The topological polar surface area (TPSA) is 25.8 Å². The molecule has 1 heterocycles. The number of aromatic nitrogens is 2. The summed E-state index contributed by atoms with van der Waals surface area (Å²) >= 11 is 9.11. The van der Waals surface area contributed by atoms with Gasteiger partial charge in [0.2, 0.25) is 5.28 Å². The number of halogens is 2. The molecule has 0 saturated carbocycles. The van der Waals surface area contributed by atoms with E-state index in [4.69, 9.17) is 11.6 Å². The maximum Gasteiger partial charge on any atom is 0.222 e. The molecule has 0 N–H and O–H groups in total. The van der Waals surface area contributed by atoms with Gasteiger partial charge in [-0.1, -0.05) is 15.9 Å². The van der Waals surface area contributed by atoms with E-state index in [1.807, 2.05) is 19.1 Å². The van der Waals surface area contributed by atoms with Gasteiger partial charge in [-0.05, 0) is 36.2 Å². The van der Waals surface area contributed by atoms with E-state index in [0.717, 1.165) is 20.9 Å². The molecular formula is C9H6BrClN2. The van der Waals surface area contributed by atoms with Crippen LogP contribution in [0.4, 0.5) is 0 Å². The monoisotopic (exact) mass is 256 g/mol. The van der Waals surface area contributed by atoms with Gasteiger partial charge < -0.3 is 0 Å². The third-order valence-electron chi connectivity index (χ3n) is 1.81. The quantitative estimate of drug-likeness (QED) is 0.676. The fraction of sp³-hybridized carbons (Fsp3) is 0.111. The van der Waals surface area contributed by atoms with E-state index in [9.17, 15) is 0 Å². The largest absolute Gasteiger partial charge is 0.226 e. The summed E-state index contributed by atoms with van der Waals surface area (Å²) < 4.78 is 1.03. The maximum atomic E-state index is 5.70. The van der Waals surface area contributed by atoms with Gasteiger partial charge in [0.25, 0.3) is 0 Å². The van der Waals surface area contributed by atoms with Gasteiger partial charge in [0.05, 0.1) is 5.52 Å². The Kier molecular flexibility index (Phi) is 2.22. The van der Waals surface area contributed by atoms with E-state index in [-0.39, 0.29) is 5.28 Å². The van der Waals surface area contributed by atoms with Crippen molar-refractivity contribution in [3.8, 4) is 0 Å². The highest BCUT2D eigenvalue weighted by Gasteiger charge is 2.02. The van der Waals surface area contributed by atoms with Crippen LogP contribution in [0, 0.1) is 6.92 Å². The van der Waals surface area contributed by atoms with Gasteiger partial charge in [0.15, 0.2) is 0 Å². The summed E-state index contributed by atoms with van der Waals surface area (Å²) in [6, 6.07) is 3.98. The zero-order chi connectivity index (χ0) is 9.42. The molecule has 4 heteroatoms. The molecule has 1 aromatic heterocycles. The minimum atomic E-state index is 0.290. The normalized spacial score (nSPS) is 10.7. The van der Waals surface area contributed by atoms with E-state index in [1.54, 1.807) is 6.20 Å². The van der Waals surface area contributed by atoms with Gasteiger partial charge in [-0.25, -0.2) is 9.97 Å². The van der Waals surface area contributed by atoms with Gasteiger partial charge in [0.1, 0.15) is 0 Å². The molecule has 0 amide bonds. The molecule has 2 nitrogen and oxygen atoms in total. The van der Waals surface area contributed by atoms with Gasteiger partial charge in [-0.2, -0.15) is 0 Å². The van der Waals surface area contributed by atoms with Crippen LogP contribution in [0.3, 0.4) is 0 Å². The minimum absolute atomic E-state index is 0.290. The Morgan fingerprint density at radius 1 is 1.38 bits per heavy atom. The number of benzene rings is 1. The molecule has 66 valence electrons. The SMILES string of the molecule is Cc1cc(Br)cc2cnc(Cl)nc12. The Labute approximate surface area is 89.1 Å². The molecule has 0 bridgehead atoms. The van der Waals surface area contributed by atoms with Crippen LogP contribution in [0.25, 0.3) is 10.9 Å². The lowest BCUT2D eigenvalue weighted by Gasteiger charge is -2.01. The van der Waals surface area contributed by atoms with Crippen LogP contribution in [0.2, 0.25) is 5.28 Å². The van der Waals surface area contributed by atoms with Gasteiger partial charge in [0, 0.05) is 16.1 Å². The van der Waals surface area contributed by atoms with E-state index < -0.39 is 0 Å². The molecule has 0 unspecified atom stereocenters. The first-order valence-corrected chi connectivity index (χ1v) is 4.92. The first-order chi connectivity index (χ1) is 6.16. The Balaban J connectivity index is 2.87. The molecule has 0 radical (unpaired) electrons. The van der Waals surface area contributed by atoms with Crippen LogP contribution in [0.5, 0.6) is 0 Å². The number of aryl methyl sites for hydroxylation is 1. The van der Waals surface area contributed by atoms with Crippen LogP contribution in [0.1, 0.15) is 5.56 Å². The lowest BCUT2D eigenvalue weighted by Crippen LogP contribution is -1.87. The van der Waals surface area contributed by atoms with Crippen molar-refractivity contribution < 1.29 is 0 Å². The lowest BCUT2D eigenvalue weighted by molar-refractivity contribution is 1.21. The Bertz CT molecular complexity index is 470. The molecule has 0 fully saturated rings. The summed E-state index contributed by atoms with van der Waals surface area (Å²) in [7, 11) is 0. The standard InChI is InChI=1S/C9H6BrClN2/c1-5-2-7(10)3-6-4-12-9(11)13-8(5)6/h2-4H,1H3. The highest BCUT2D eigenvalue weighted by molar-refractivity contribution is 9.10. The zero-order valence-electron chi connectivity index (χ0n) is 6.88. The van der Waals surface area contributed by atoms with Crippen molar-refractivity contribution in [2.75, 3.05) is 0 Å². The molecule has 0 aliphatic carbocycles. The molecule has 0 aliphatic heterocycles. The fourth-order valence-corrected chi connectivity index (χ4v) is 1.98. The average Bonchev–Trinajstić information content (AvgIpc) is 2.06. The fourth-order valence-electron chi connectivity index (χ4n) is 1.26. The number of hydrogen-bond donors (Lipinski definition) is 0. The smallest absolute Gasteiger partial charge is 0.222 e. The van der Waals surface area contributed by atoms with E-state index >= 15 is 0 Å². The molecule has 13 heavy (non-hydrogen) atoms. The lowest BCUT2D eigenvalue weighted by atomic mass is 10.1. The highest BCUT2D eigenvalue weighted by Crippen LogP contribution is 2.22. The van der Waals surface area contributed by atoms with Crippen molar-refractivity contribution in [3.05, 3.63) is 33.6 Å². The summed E-state index contributed by atoms with van der Waals surface area (Å²) in [5, 5.41) is 1.29. The summed E-state index contributed by atoms with van der Waals surface area (Å²) in [4.78, 5) is 8.07. The second-order valence-corrected chi connectivity index (χ2v) is 4.05. The Hall–Kier alpha value is -0.670. The number of fused-ring (bicyclic) bond motifs is 1. The molecule has 2 rings (SSSR count). The number of rotatable bonds is 0. The molecule has 0 atom stereocenters. The first-order valence-electron chi connectivity index (χ1n) is 3.75. The predicted octanol–water partition coefficient (Wildman–Crippen LogP) is 3.35. The zero-order valence-corrected chi connectivity index (χ0v) is 9.22. The average molecular weight is 258 g/mol. The predicted molar refractivity (Wildman–Crippen MR) is 57.0 cm³/mol. The summed E-state index contributed by atoms with van der Waals surface area (Å²) in [5.74, 6) is 0. The molecule has 0 spiro atoms. The van der Waals surface area contributed by atoms with Crippen molar-refractivity contribution >= 4 is 38.4 Å². The summed E-state index contributed by atoms with van der Waals surface area (Å²) in [6.45, 7) is 2.00. The van der Waals surface area contributed by atoms with Gasteiger partial charge >= 0.3 is 0 Å². The molecular weight excluding hydrogens is 251 g/mol. The molecule has 0 saturated heterocycles. The second kappa shape index (κ2) is 3.24. The van der Waals surface area contributed by atoms with Crippen molar-refractivity contribution in [1.82, 2.24) is 9.97 Å². The van der Waals surface area contributed by atoms with Crippen molar-refractivity contribution in [2.45, 2.75) is 6.92 Å². The van der Waals surface area contributed by atoms with E-state index in [2.05, 4.69) is 25.9 Å². The number of nitrogens with zero attached hydrogens (tertiary/aromatic N) is 2. The molecule has 0 aliphatic rings. The van der Waals surface area contributed by atoms with E-state index in [0.29, 0.717) is 0 Å². The Morgan fingerprint density at radius 3 is 2.92 bits per heavy atom. The highest BCUT2D eigenvalue weighted by atomic mass is 79.9. The maximum absolute atomic E-state index is 5.70. The van der Waals surface area contributed by atoms with Crippen LogP contribution >= 0.6 is 27.5 Å². The molecule has 2 aromatic rings. The van der Waals surface area contributed by atoms with Gasteiger partial charge in [-0.15, -0.1) is 0 Å². The third kappa shape index (κ3) is 1.67. The first kappa shape index (κ1) is 8.91. The van der Waals surface area contributed by atoms with Crippen molar-refractivity contribution in [3.63, 3.8) is 0 Å². The van der Waals surface area contributed by atoms with Crippen LogP contribution in [-0.4, -0.2) is 9.97 Å². The van der Waals surface area contributed by atoms with Gasteiger partial charge in [-0.3, -0.25) is 0 Å². The van der Waals surface area contributed by atoms with Crippen LogP contribution in [0.15, 0.2) is 22.8 Å². The second-order valence-electron chi connectivity index (χ2n) is 2.80. The van der Waals surface area contributed by atoms with Crippen molar-refractivity contribution in [2.24, 2.45) is 0 Å². The van der Waals surface area contributed by atoms with Crippen LogP contribution < -0.4 is 0 Å². The van der Waals surface area contributed by atoms with Crippen LogP contribution in [-0.2, 0) is 0 Å². The van der Waals surface area contributed by atoms with E-state index in [1.165, 1.54) is 0 Å². The van der Waals surface area contributed by atoms with Crippen molar-refractivity contribution in [1.29, 1.82) is 0 Å². The number of hydrogen-bond acceptors (Lipinski definition) is 2. The summed E-state index contributed by atoms with van der Waals surface area (Å²) in [5.41, 5.74) is 2.00. The Morgan fingerprint density at radius 2 is 2.15 bits per heavy atom. The minimum Gasteiger partial charge on any atom is -0.226 e. The molecule has 1 aromatic carbocycles. The summed E-state index contributed by atoms with van der Waals surface area (Å²) in [6.07, 6.45) is 1.72.